The first-order valence-corrected chi connectivity index (χ1v) is 5.79. The fraction of sp³-hybridized carbons (Fsp3) is 0.667. The molecule has 0 aromatic carbocycles. The zero-order valence-corrected chi connectivity index (χ0v) is 12.2. The summed E-state index contributed by atoms with van der Waals surface area (Å²) in [5.74, 6) is -2.53. The maximum Gasteiger partial charge on any atom is 1.00 e. The first-order chi connectivity index (χ1) is 8.06. The molecule has 0 amide bonds. The first kappa shape index (κ1) is 23.9. The van der Waals surface area contributed by atoms with Crippen molar-refractivity contribution in [1.82, 2.24) is 4.90 Å². The molecule has 0 rings (SSSR count). The van der Waals surface area contributed by atoms with Crippen molar-refractivity contribution in [3.05, 3.63) is 12.2 Å². The number of hydrogen-bond donors (Lipinski definition) is 0. The van der Waals surface area contributed by atoms with Crippen molar-refractivity contribution in [1.29, 1.82) is 0 Å². The van der Waals surface area contributed by atoms with E-state index < -0.39 is 11.9 Å². The molecule has 0 heterocycles. The summed E-state index contributed by atoms with van der Waals surface area (Å²) in [7, 11) is 0. The van der Waals surface area contributed by atoms with Gasteiger partial charge in [0.05, 0.1) is 11.9 Å². The topological polar surface area (TPSA) is 83.5 Å². The van der Waals surface area contributed by atoms with Gasteiger partial charge in [-0.15, -0.1) is 0 Å². The van der Waals surface area contributed by atoms with Crippen LogP contribution in [0.2, 0.25) is 0 Å². The van der Waals surface area contributed by atoms with Gasteiger partial charge in [0.2, 0.25) is 0 Å². The van der Waals surface area contributed by atoms with Gasteiger partial charge in [0, 0.05) is 13.1 Å². The van der Waals surface area contributed by atoms with Gasteiger partial charge in [-0.2, -0.15) is 0 Å². The van der Waals surface area contributed by atoms with E-state index in [0.29, 0.717) is 6.54 Å². The SMILES string of the molecule is C/C=C/CCCCCN(CC(=O)[O-])CC(=O)[O-].[Li+].[Li+]. The second kappa shape index (κ2) is 15.9. The monoisotopic (exact) mass is 255 g/mol. The van der Waals surface area contributed by atoms with Crippen molar-refractivity contribution < 1.29 is 57.5 Å². The molecule has 0 aromatic rings. The van der Waals surface area contributed by atoms with Crippen molar-refractivity contribution >= 4 is 11.9 Å². The largest absolute Gasteiger partial charge is 1.00 e. The van der Waals surface area contributed by atoms with Crippen LogP contribution in [-0.2, 0) is 9.59 Å². The minimum atomic E-state index is -1.26. The van der Waals surface area contributed by atoms with Gasteiger partial charge < -0.3 is 19.8 Å². The number of carbonyl (C=O) groups excluding carboxylic acids is 2. The van der Waals surface area contributed by atoms with Crippen LogP contribution in [0.1, 0.15) is 32.6 Å². The fourth-order valence-electron chi connectivity index (χ4n) is 1.52. The third-order valence-electron chi connectivity index (χ3n) is 2.29. The van der Waals surface area contributed by atoms with Crippen LogP contribution in [0.5, 0.6) is 0 Å². The van der Waals surface area contributed by atoms with E-state index in [4.69, 9.17) is 0 Å². The number of nitrogens with zero attached hydrogens (tertiary/aromatic N) is 1. The summed E-state index contributed by atoms with van der Waals surface area (Å²) in [6.45, 7) is 1.69. The van der Waals surface area contributed by atoms with Gasteiger partial charge in [-0.1, -0.05) is 18.6 Å². The van der Waals surface area contributed by atoms with E-state index in [0.717, 1.165) is 25.7 Å². The Kier molecular flexibility index (Phi) is 20.0. The molecule has 19 heavy (non-hydrogen) atoms. The molecule has 7 heteroatoms. The molecule has 98 valence electrons. The van der Waals surface area contributed by atoms with Gasteiger partial charge in [0.1, 0.15) is 0 Å². The van der Waals surface area contributed by atoms with E-state index in [1.165, 1.54) is 4.90 Å². The standard InChI is InChI=1S/C12H21NO4.2Li/c1-2-3-4-5-6-7-8-13(9-11(14)15)10-12(16)17;;/h2-3H,4-10H2,1H3,(H,14,15)(H,16,17);;/q;2*+1/p-2/b3-2+;;. The van der Waals surface area contributed by atoms with Crippen molar-refractivity contribution in [2.75, 3.05) is 19.6 Å². The molecule has 0 N–H and O–H groups in total. The molecule has 0 unspecified atom stereocenters. The summed E-state index contributed by atoms with van der Waals surface area (Å²) in [6, 6.07) is 0. The number of aliphatic carboxylic acids is 2. The first-order valence-electron chi connectivity index (χ1n) is 5.79. The minimum absolute atomic E-state index is 0. The Morgan fingerprint density at radius 3 is 1.95 bits per heavy atom. The van der Waals surface area contributed by atoms with Gasteiger partial charge in [-0.05, 0) is 32.7 Å². The van der Waals surface area contributed by atoms with Crippen LogP contribution in [0.4, 0.5) is 0 Å². The third kappa shape index (κ3) is 17.8. The molecule has 0 aliphatic heterocycles. The Labute approximate surface area is 138 Å². The van der Waals surface area contributed by atoms with E-state index in [2.05, 4.69) is 6.08 Å². The molecule has 0 saturated carbocycles. The van der Waals surface area contributed by atoms with Gasteiger partial charge in [-0.3, -0.25) is 4.90 Å². The summed E-state index contributed by atoms with van der Waals surface area (Å²) >= 11 is 0. The van der Waals surface area contributed by atoms with Crippen LogP contribution < -0.4 is 47.9 Å². The van der Waals surface area contributed by atoms with Gasteiger partial charge in [-0.25, -0.2) is 0 Å². The quantitative estimate of drug-likeness (QED) is 0.220. The number of unbranched alkanes of at least 4 members (excludes halogenated alkanes) is 3. The van der Waals surface area contributed by atoms with Crippen molar-refractivity contribution in [2.24, 2.45) is 0 Å². The maximum absolute atomic E-state index is 10.4. The zero-order chi connectivity index (χ0) is 13.1. The predicted molar refractivity (Wildman–Crippen MR) is 59.7 cm³/mol. The minimum Gasteiger partial charge on any atom is -0.549 e. The molecule has 0 radical (unpaired) electrons. The summed E-state index contributed by atoms with van der Waals surface area (Å²) in [5, 5.41) is 20.8. The van der Waals surface area contributed by atoms with Gasteiger partial charge in [0.15, 0.2) is 0 Å². The Morgan fingerprint density at radius 2 is 1.53 bits per heavy atom. The summed E-state index contributed by atoms with van der Waals surface area (Å²) in [5.41, 5.74) is 0. The molecule has 0 bridgehead atoms. The van der Waals surface area contributed by atoms with Gasteiger partial charge in [0.25, 0.3) is 0 Å². The van der Waals surface area contributed by atoms with E-state index in [9.17, 15) is 19.8 Å². The number of rotatable bonds is 10. The Balaban J connectivity index is -0.00000128. The average molecular weight is 255 g/mol. The average Bonchev–Trinajstić information content (AvgIpc) is 2.21. The second-order valence-corrected chi connectivity index (χ2v) is 3.87. The third-order valence-corrected chi connectivity index (χ3v) is 2.29. The van der Waals surface area contributed by atoms with Gasteiger partial charge >= 0.3 is 37.7 Å². The van der Waals surface area contributed by atoms with Crippen LogP contribution >= 0.6 is 0 Å². The Morgan fingerprint density at radius 1 is 1.00 bits per heavy atom. The summed E-state index contributed by atoms with van der Waals surface area (Å²) in [4.78, 5) is 22.1. The van der Waals surface area contributed by atoms with Crippen LogP contribution in [0.15, 0.2) is 12.2 Å². The maximum atomic E-state index is 10.4. The number of allylic oxidation sites excluding steroid dienone is 2. The van der Waals surface area contributed by atoms with Crippen molar-refractivity contribution in [2.45, 2.75) is 32.6 Å². The van der Waals surface area contributed by atoms with Crippen LogP contribution in [-0.4, -0.2) is 36.5 Å². The molecule has 0 spiro atoms. The normalized spacial score (nSPS) is 10.0. The zero-order valence-electron chi connectivity index (χ0n) is 12.2. The van der Waals surface area contributed by atoms with Crippen molar-refractivity contribution in [3.8, 4) is 0 Å². The number of carbonyl (C=O) groups is 2. The molecular weight excluding hydrogens is 236 g/mol. The molecule has 0 atom stereocenters. The summed E-state index contributed by atoms with van der Waals surface area (Å²) in [6.07, 6.45) is 7.80. The molecule has 0 fully saturated rings. The smallest absolute Gasteiger partial charge is 0.549 e. The number of carboxylic acids is 2. The van der Waals surface area contributed by atoms with E-state index in [-0.39, 0.29) is 50.8 Å². The van der Waals surface area contributed by atoms with Crippen molar-refractivity contribution in [3.63, 3.8) is 0 Å². The van der Waals surface area contributed by atoms with Crippen LogP contribution in [0.3, 0.4) is 0 Å². The molecular formula is C12H19Li2NO4. The van der Waals surface area contributed by atoms with E-state index in [1.807, 2.05) is 13.0 Å². The number of carboxylic acid groups (broad SMARTS) is 2. The summed E-state index contributed by atoms with van der Waals surface area (Å²) < 4.78 is 0. The molecule has 0 aromatic heterocycles. The Hall–Kier alpha value is -0.165. The van der Waals surface area contributed by atoms with E-state index in [1.54, 1.807) is 0 Å². The van der Waals surface area contributed by atoms with Crippen LogP contribution in [0, 0.1) is 0 Å². The van der Waals surface area contributed by atoms with E-state index >= 15 is 0 Å². The number of hydrogen-bond acceptors (Lipinski definition) is 5. The van der Waals surface area contributed by atoms with Crippen LogP contribution in [0.25, 0.3) is 0 Å². The molecule has 5 nitrogen and oxygen atoms in total. The molecule has 0 aliphatic carbocycles. The molecule has 0 aliphatic rings. The Bertz CT molecular complexity index is 256. The predicted octanol–water partition coefficient (Wildman–Crippen LogP) is -7.07. The fourth-order valence-corrected chi connectivity index (χ4v) is 1.52. The second-order valence-electron chi connectivity index (χ2n) is 3.87. The molecule has 0 saturated heterocycles.